The van der Waals surface area contributed by atoms with Crippen molar-refractivity contribution >= 4 is 22.6 Å². The number of amides is 1. The third kappa shape index (κ3) is 4.38. The highest BCUT2D eigenvalue weighted by molar-refractivity contribution is 5.92. The molecule has 3 aromatic rings. The lowest BCUT2D eigenvalue weighted by Gasteiger charge is -2.29. The highest BCUT2D eigenvalue weighted by Crippen LogP contribution is 2.33. The molecule has 2 heterocycles. The number of anilines is 1. The summed E-state index contributed by atoms with van der Waals surface area (Å²) in [5.41, 5.74) is 3.66. The highest BCUT2D eigenvalue weighted by Gasteiger charge is 2.37. The summed E-state index contributed by atoms with van der Waals surface area (Å²) in [6.45, 7) is 6.51. The first kappa shape index (κ1) is 19.9. The Bertz CT molecular complexity index is 1130. The Morgan fingerprint density at radius 2 is 1.81 bits per heavy atom. The second-order valence-corrected chi connectivity index (χ2v) is 9.82. The van der Waals surface area contributed by atoms with Crippen molar-refractivity contribution in [2.24, 2.45) is 5.41 Å². The number of pyridine rings is 1. The summed E-state index contributed by atoms with van der Waals surface area (Å²) in [4.78, 5) is 28.4. The van der Waals surface area contributed by atoms with Gasteiger partial charge in [0.25, 0.3) is 0 Å². The Labute approximate surface area is 183 Å². The van der Waals surface area contributed by atoms with E-state index in [0.717, 1.165) is 46.4 Å². The van der Waals surface area contributed by atoms with Crippen LogP contribution >= 0.6 is 0 Å². The monoisotopic (exact) mass is 415 g/mol. The number of hydrogen-bond acceptors (Lipinski definition) is 5. The zero-order valence-electron chi connectivity index (χ0n) is 18.4. The van der Waals surface area contributed by atoms with Crippen LogP contribution in [0.25, 0.3) is 22.0 Å². The van der Waals surface area contributed by atoms with Crippen LogP contribution < -0.4 is 5.32 Å². The second-order valence-electron chi connectivity index (χ2n) is 9.82. The van der Waals surface area contributed by atoms with Gasteiger partial charge in [0.2, 0.25) is 5.91 Å². The van der Waals surface area contributed by atoms with Crippen LogP contribution in [-0.4, -0.2) is 37.8 Å². The number of rotatable bonds is 6. The van der Waals surface area contributed by atoms with Crippen molar-refractivity contribution in [1.29, 1.82) is 0 Å². The molecule has 0 saturated heterocycles. The fourth-order valence-electron chi connectivity index (χ4n) is 3.87. The van der Waals surface area contributed by atoms with Crippen molar-refractivity contribution in [2.45, 2.75) is 65.1 Å². The lowest BCUT2D eigenvalue weighted by atomic mass is 9.94. The standard InChI is InChI=1S/C25H29N5O/c1-25(2,3)24(31)30(20-7-8-20)14-19-12-17(10-11-26-19)16-4-9-22-21(13-16)23(28-15-27-22)29-18-5-6-18/h4,9-13,15,18,20H,5-8,14H2,1-3H3,(H,27,28,29). The van der Waals surface area contributed by atoms with E-state index in [1.54, 1.807) is 6.33 Å². The Morgan fingerprint density at radius 3 is 2.52 bits per heavy atom. The molecule has 0 atom stereocenters. The van der Waals surface area contributed by atoms with Gasteiger partial charge >= 0.3 is 0 Å². The molecule has 1 amide bonds. The van der Waals surface area contributed by atoms with Gasteiger partial charge in [0, 0.05) is 29.1 Å². The molecule has 2 aliphatic carbocycles. The van der Waals surface area contributed by atoms with E-state index >= 15 is 0 Å². The van der Waals surface area contributed by atoms with Crippen LogP contribution in [0.4, 0.5) is 5.82 Å². The number of hydrogen-bond donors (Lipinski definition) is 1. The van der Waals surface area contributed by atoms with E-state index < -0.39 is 0 Å². The predicted molar refractivity (Wildman–Crippen MR) is 122 cm³/mol. The van der Waals surface area contributed by atoms with E-state index in [0.29, 0.717) is 18.6 Å². The third-order valence-electron chi connectivity index (χ3n) is 5.93. The van der Waals surface area contributed by atoms with Crippen LogP contribution in [0.5, 0.6) is 0 Å². The number of fused-ring (bicyclic) bond motifs is 1. The number of nitrogens with one attached hydrogen (secondary N) is 1. The minimum Gasteiger partial charge on any atom is -0.367 e. The van der Waals surface area contributed by atoms with E-state index in [9.17, 15) is 4.79 Å². The van der Waals surface area contributed by atoms with Crippen molar-refractivity contribution in [3.8, 4) is 11.1 Å². The molecule has 2 aromatic heterocycles. The number of aromatic nitrogens is 3. The van der Waals surface area contributed by atoms with Gasteiger partial charge in [0.05, 0.1) is 17.8 Å². The fourth-order valence-corrected chi connectivity index (χ4v) is 3.87. The van der Waals surface area contributed by atoms with Gasteiger partial charge in [-0.15, -0.1) is 0 Å². The van der Waals surface area contributed by atoms with Gasteiger partial charge < -0.3 is 10.2 Å². The second kappa shape index (κ2) is 7.59. The molecule has 5 rings (SSSR count). The summed E-state index contributed by atoms with van der Waals surface area (Å²) >= 11 is 0. The lowest BCUT2D eigenvalue weighted by Crippen LogP contribution is -2.40. The smallest absolute Gasteiger partial charge is 0.228 e. The topological polar surface area (TPSA) is 71.0 Å². The molecule has 2 fully saturated rings. The normalized spacial score (nSPS) is 16.4. The first-order chi connectivity index (χ1) is 14.9. The van der Waals surface area contributed by atoms with Crippen LogP contribution in [0.15, 0.2) is 42.9 Å². The lowest BCUT2D eigenvalue weighted by molar-refractivity contribution is -0.140. The average Bonchev–Trinajstić information content (AvgIpc) is 3.66. The zero-order valence-corrected chi connectivity index (χ0v) is 18.4. The van der Waals surface area contributed by atoms with E-state index in [1.807, 2.05) is 44.0 Å². The molecule has 1 N–H and O–H groups in total. The van der Waals surface area contributed by atoms with Crippen LogP contribution in [0.2, 0.25) is 0 Å². The van der Waals surface area contributed by atoms with E-state index in [-0.39, 0.29) is 11.3 Å². The molecule has 0 unspecified atom stereocenters. The van der Waals surface area contributed by atoms with Crippen LogP contribution in [-0.2, 0) is 11.3 Å². The quantitative estimate of drug-likeness (QED) is 0.626. The van der Waals surface area contributed by atoms with Crippen LogP contribution in [0.1, 0.15) is 52.1 Å². The molecule has 31 heavy (non-hydrogen) atoms. The minimum atomic E-state index is -0.385. The SMILES string of the molecule is CC(C)(C)C(=O)N(Cc1cc(-c2ccc3ncnc(NC4CC4)c3c2)ccn1)C1CC1. The molecule has 2 aliphatic rings. The van der Waals surface area contributed by atoms with Crippen molar-refractivity contribution in [2.75, 3.05) is 5.32 Å². The van der Waals surface area contributed by atoms with Crippen LogP contribution in [0, 0.1) is 5.41 Å². The van der Waals surface area contributed by atoms with E-state index in [2.05, 4.69) is 38.5 Å². The molecule has 0 spiro atoms. The van der Waals surface area contributed by atoms with Crippen molar-refractivity contribution in [3.63, 3.8) is 0 Å². The molecule has 1 aromatic carbocycles. The molecular weight excluding hydrogens is 386 g/mol. The Hall–Kier alpha value is -3.02. The maximum atomic E-state index is 13.0. The maximum Gasteiger partial charge on any atom is 0.228 e. The molecule has 0 aliphatic heterocycles. The summed E-state index contributed by atoms with van der Waals surface area (Å²) in [5, 5.41) is 4.55. The van der Waals surface area contributed by atoms with Gasteiger partial charge in [-0.1, -0.05) is 26.8 Å². The number of carbonyl (C=O) groups is 1. The summed E-state index contributed by atoms with van der Waals surface area (Å²) < 4.78 is 0. The largest absolute Gasteiger partial charge is 0.367 e. The van der Waals surface area contributed by atoms with Gasteiger partial charge in [-0.3, -0.25) is 9.78 Å². The van der Waals surface area contributed by atoms with Gasteiger partial charge in [-0.05, 0) is 61.1 Å². The summed E-state index contributed by atoms with van der Waals surface area (Å²) in [6.07, 6.45) is 8.03. The fraction of sp³-hybridized carbons (Fsp3) is 0.440. The van der Waals surface area contributed by atoms with Crippen LogP contribution in [0.3, 0.4) is 0 Å². The summed E-state index contributed by atoms with van der Waals surface area (Å²) in [6, 6.07) is 11.3. The van der Waals surface area contributed by atoms with Gasteiger partial charge in [0.15, 0.2) is 0 Å². The first-order valence-corrected chi connectivity index (χ1v) is 11.2. The molecule has 6 heteroatoms. The molecule has 2 saturated carbocycles. The number of benzene rings is 1. The summed E-state index contributed by atoms with van der Waals surface area (Å²) in [7, 11) is 0. The van der Waals surface area contributed by atoms with Gasteiger partial charge in [-0.25, -0.2) is 9.97 Å². The molecule has 160 valence electrons. The molecular formula is C25H29N5O. The zero-order chi connectivity index (χ0) is 21.6. The van der Waals surface area contributed by atoms with Crippen molar-refractivity contribution < 1.29 is 4.79 Å². The van der Waals surface area contributed by atoms with Crippen molar-refractivity contribution in [3.05, 3.63) is 48.5 Å². The Balaban J connectivity index is 1.44. The number of carbonyl (C=O) groups excluding carboxylic acids is 1. The van der Waals surface area contributed by atoms with E-state index in [1.165, 1.54) is 12.8 Å². The maximum absolute atomic E-state index is 13.0. The Kier molecular flexibility index (Phi) is 4.88. The average molecular weight is 416 g/mol. The van der Waals surface area contributed by atoms with E-state index in [4.69, 9.17) is 0 Å². The first-order valence-electron chi connectivity index (χ1n) is 11.2. The Morgan fingerprint density at radius 1 is 1.03 bits per heavy atom. The van der Waals surface area contributed by atoms with Crippen molar-refractivity contribution in [1.82, 2.24) is 19.9 Å². The minimum absolute atomic E-state index is 0.195. The third-order valence-corrected chi connectivity index (χ3v) is 5.93. The molecule has 0 bridgehead atoms. The molecule has 6 nitrogen and oxygen atoms in total. The predicted octanol–water partition coefficient (Wildman–Crippen LogP) is 4.80. The van der Waals surface area contributed by atoms with Gasteiger partial charge in [-0.2, -0.15) is 0 Å². The highest BCUT2D eigenvalue weighted by atomic mass is 16.2. The number of nitrogens with zero attached hydrogens (tertiary/aromatic N) is 4. The van der Waals surface area contributed by atoms with Gasteiger partial charge in [0.1, 0.15) is 12.1 Å². The molecule has 0 radical (unpaired) electrons. The summed E-state index contributed by atoms with van der Waals surface area (Å²) in [5.74, 6) is 1.10.